The molecule has 4 nitrogen and oxygen atoms in total. The van der Waals surface area contributed by atoms with E-state index in [0.29, 0.717) is 5.56 Å². The van der Waals surface area contributed by atoms with E-state index in [2.05, 4.69) is 11.1 Å². The van der Waals surface area contributed by atoms with E-state index in [0.717, 1.165) is 43.6 Å². The van der Waals surface area contributed by atoms with Crippen LogP contribution in [0.25, 0.3) is 0 Å². The van der Waals surface area contributed by atoms with Crippen LogP contribution in [0.3, 0.4) is 0 Å². The van der Waals surface area contributed by atoms with Crippen molar-refractivity contribution >= 4 is 5.82 Å². The number of aliphatic hydroxyl groups is 1. The normalized spacial score (nSPS) is 28.4. The molecule has 0 aromatic carbocycles. The van der Waals surface area contributed by atoms with Gasteiger partial charge < -0.3 is 10.0 Å². The number of rotatable bonds is 2. The number of fused-ring (bicyclic) bond motifs is 1. The van der Waals surface area contributed by atoms with Gasteiger partial charge in [-0.3, -0.25) is 0 Å². The van der Waals surface area contributed by atoms with Gasteiger partial charge in [-0.25, -0.2) is 4.98 Å². The topological polar surface area (TPSA) is 60.2 Å². The lowest BCUT2D eigenvalue weighted by Gasteiger charge is -2.48. The van der Waals surface area contributed by atoms with Crippen LogP contribution in [-0.2, 0) is 12.8 Å². The van der Waals surface area contributed by atoms with E-state index >= 15 is 0 Å². The van der Waals surface area contributed by atoms with E-state index < -0.39 is 5.60 Å². The van der Waals surface area contributed by atoms with Crippen molar-refractivity contribution in [3.8, 4) is 6.07 Å². The number of anilines is 1. The second-order valence-corrected chi connectivity index (χ2v) is 5.95. The third kappa shape index (κ3) is 1.89. The van der Waals surface area contributed by atoms with Crippen molar-refractivity contribution in [2.24, 2.45) is 0 Å². The fourth-order valence-electron chi connectivity index (χ4n) is 3.26. The molecule has 0 spiro atoms. The Bertz CT molecular complexity index is 559. The van der Waals surface area contributed by atoms with E-state index in [4.69, 9.17) is 0 Å². The highest BCUT2D eigenvalue weighted by molar-refractivity contribution is 5.57. The number of aromatic nitrogens is 1. The lowest BCUT2D eigenvalue weighted by Crippen LogP contribution is -2.58. The minimum absolute atomic E-state index is 0.0616. The molecule has 1 fully saturated rings. The van der Waals surface area contributed by atoms with Gasteiger partial charge in [0, 0.05) is 12.7 Å². The lowest BCUT2D eigenvalue weighted by atomic mass is 9.75. The molecule has 1 N–H and O–H groups in total. The Morgan fingerprint density at radius 2 is 2.32 bits per heavy atom. The summed E-state index contributed by atoms with van der Waals surface area (Å²) < 4.78 is 0. The van der Waals surface area contributed by atoms with Crippen LogP contribution in [0.15, 0.2) is 6.07 Å². The molecular formula is C15H19N3O. The molecule has 4 heteroatoms. The Morgan fingerprint density at radius 1 is 1.53 bits per heavy atom. The summed E-state index contributed by atoms with van der Waals surface area (Å²) in [7, 11) is 1.93. The van der Waals surface area contributed by atoms with Crippen molar-refractivity contribution in [2.45, 2.75) is 50.7 Å². The standard InChI is InChI=1S/C15H19N3O/c1-15(19)7-6-13(15)18(2)14-11(9-16)8-10-4-3-5-12(10)17-14/h8,13,19H,3-7H2,1-2H3/t13-,15-/m1/s1. The number of nitrogens with zero attached hydrogens (tertiary/aromatic N) is 3. The minimum atomic E-state index is -0.665. The zero-order chi connectivity index (χ0) is 13.6. The number of hydrogen-bond acceptors (Lipinski definition) is 4. The molecule has 3 rings (SSSR count). The molecule has 0 aliphatic heterocycles. The molecule has 100 valence electrons. The van der Waals surface area contributed by atoms with Crippen molar-refractivity contribution in [1.29, 1.82) is 5.26 Å². The molecule has 1 aromatic rings. The van der Waals surface area contributed by atoms with Gasteiger partial charge in [0.15, 0.2) is 0 Å². The molecule has 2 atom stereocenters. The van der Waals surface area contributed by atoms with Crippen molar-refractivity contribution in [3.63, 3.8) is 0 Å². The summed E-state index contributed by atoms with van der Waals surface area (Å²) in [6, 6.07) is 4.29. The van der Waals surface area contributed by atoms with Crippen LogP contribution in [-0.4, -0.2) is 28.8 Å². The second kappa shape index (κ2) is 4.21. The van der Waals surface area contributed by atoms with Crippen molar-refractivity contribution < 1.29 is 5.11 Å². The van der Waals surface area contributed by atoms with Gasteiger partial charge in [-0.15, -0.1) is 0 Å². The summed E-state index contributed by atoms with van der Waals surface area (Å²) in [6.45, 7) is 1.86. The first-order chi connectivity index (χ1) is 9.03. The predicted molar refractivity (Wildman–Crippen MR) is 73.0 cm³/mol. The second-order valence-electron chi connectivity index (χ2n) is 5.95. The highest BCUT2D eigenvalue weighted by atomic mass is 16.3. The highest BCUT2D eigenvalue weighted by Crippen LogP contribution is 2.38. The summed E-state index contributed by atoms with van der Waals surface area (Å²) in [5.74, 6) is 0.730. The average Bonchev–Trinajstić information content (AvgIpc) is 2.82. The molecular weight excluding hydrogens is 238 g/mol. The number of hydrogen-bond donors (Lipinski definition) is 1. The van der Waals surface area contributed by atoms with Crippen molar-refractivity contribution in [1.82, 2.24) is 4.98 Å². The average molecular weight is 257 g/mol. The summed E-state index contributed by atoms with van der Waals surface area (Å²) in [5.41, 5.74) is 2.31. The fraction of sp³-hybridized carbons (Fsp3) is 0.600. The lowest BCUT2D eigenvalue weighted by molar-refractivity contribution is -0.0384. The first-order valence-corrected chi connectivity index (χ1v) is 6.91. The predicted octanol–water partition coefficient (Wildman–Crippen LogP) is 1.79. The Hall–Kier alpha value is -1.60. The van der Waals surface area contributed by atoms with Gasteiger partial charge in [0.25, 0.3) is 0 Å². The first kappa shape index (κ1) is 12.4. The molecule has 0 bridgehead atoms. The monoisotopic (exact) mass is 257 g/mol. The Labute approximate surface area is 113 Å². The maximum absolute atomic E-state index is 10.2. The molecule has 0 amide bonds. The van der Waals surface area contributed by atoms with E-state index in [-0.39, 0.29) is 6.04 Å². The maximum Gasteiger partial charge on any atom is 0.146 e. The van der Waals surface area contributed by atoms with Crippen LogP contribution in [0.2, 0.25) is 0 Å². The summed E-state index contributed by atoms with van der Waals surface area (Å²) in [6.07, 6.45) is 4.93. The molecule has 2 aliphatic carbocycles. The van der Waals surface area contributed by atoms with E-state index in [1.54, 1.807) is 0 Å². The molecule has 0 radical (unpaired) electrons. The van der Waals surface area contributed by atoms with Gasteiger partial charge in [-0.1, -0.05) is 0 Å². The van der Waals surface area contributed by atoms with Crippen LogP contribution >= 0.6 is 0 Å². The Kier molecular flexibility index (Phi) is 2.75. The van der Waals surface area contributed by atoms with Crippen molar-refractivity contribution in [2.75, 3.05) is 11.9 Å². The van der Waals surface area contributed by atoms with Gasteiger partial charge >= 0.3 is 0 Å². The minimum Gasteiger partial charge on any atom is -0.388 e. The molecule has 1 aromatic heterocycles. The van der Waals surface area contributed by atoms with Gasteiger partial charge in [-0.2, -0.15) is 5.26 Å². The molecule has 2 aliphatic rings. The van der Waals surface area contributed by atoms with Crippen molar-refractivity contribution in [3.05, 3.63) is 22.9 Å². The summed E-state index contributed by atoms with van der Waals surface area (Å²) in [4.78, 5) is 6.67. The van der Waals surface area contributed by atoms with Crippen LogP contribution in [0.1, 0.15) is 43.0 Å². The largest absolute Gasteiger partial charge is 0.388 e. The molecule has 0 unspecified atom stereocenters. The number of aryl methyl sites for hydroxylation is 2. The summed E-state index contributed by atoms with van der Waals surface area (Å²) in [5, 5.41) is 19.5. The number of pyridine rings is 1. The van der Waals surface area contributed by atoms with Crippen LogP contribution in [0.5, 0.6) is 0 Å². The molecule has 0 saturated heterocycles. The third-order valence-electron chi connectivity index (χ3n) is 4.59. The van der Waals surface area contributed by atoms with E-state index in [1.165, 1.54) is 5.56 Å². The zero-order valence-corrected chi connectivity index (χ0v) is 11.5. The Morgan fingerprint density at radius 3 is 2.89 bits per heavy atom. The van der Waals surface area contributed by atoms with E-state index in [9.17, 15) is 10.4 Å². The zero-order valence-electron chi connectivity index (χ0n) is 11.5. The van der Waals surface area contributed by atoms with Gasteiger partial charge in [0.1, 0.15) is 11.9 Å². The molecule has 1 heterocycles. The third-order valence-corrected chi connectivity index (χ3v) is 4.59. The molecule has 1 saturated carbocycles. The SMILES string of the molecule is CN(c1nc2c(cc1C#N)CCC2)[C@@H]1CC[C@@]1(C)O. The van der Waals surface area contributed by atoms with E-state index in [1.807, 2.05) is 24.9 Å². The van der Waals surface area contributed by atoms with Gasteiger partial charge in [0.2, 0.25) is 0 Å². The van der Waals surface area contributed by atoms with Gasteiger partial charge in [0.05, 0.1) is 17.2 Å². The van der Waals surface area contributed by atoms with Gasteiger partial charge in [-0.05, 0) is 50.7 Å². The fourth-order valence-corrected chi connectivity index (χ4v) is 3.26. The number of nitriles is 1. The van der Waals surface area contributed by atoms with Crippen LogP contribution < -0.4 is 4.90 Å². The number of likely N-dealkylation sites (N-methyl/N-ethyl adjacent to an activating group) is 1. The highest BCUT2D eigenvalue weighted by Gasteiger charge is 2.44. The molecule has 19 heavy (non-hydrogen) atoms. The first-order valence-electron chi connectivity index (χ1n) is 6.91. The van der Waals surface area contributed by atoms with Crippen LogP contribution in [0, 0.1) is 11.3 Å². The van der Waals surface area contributed by atoms with Crippen LogP contribution in [0.4, 0.5) is 5.82 Å². The Balaban J connectivity index is 1.98. The summed E-state index contributed by atoms with van der Waals surface area (Å²) >= 11 is 0. The quantitative estimate of drug-likeness (QED) is 0.877. The smallest absolute Gasteiger partial charge is 0.146 e. The maximum atomic E-state index is 10.2.